The molecule has 5 nitrogen and oxygen atoms in total. The number of benzene rings is 1. The average Bonchev–Trinajstić information content (AvgIpc) is 3.04. The Morgan fingerprint density at radius 3 is 2.77 bits per heavy atom. The maximum absolute atomic E-state index is 14.0. The Morgan fingerprint density at radius 1 is 1.36 bits per heavy atom. The first-order valence-electron chi connectivity index (χ1n) is 7.45. The van der Waals surface area contributed by atoms with Gasteiger partial charge in [-0.15, -0.1) is 0 Å². The fourth-order valence-corrected chi connectivity index (χ4v) is 2.86. The fourth-order valence-electron chi connectivity index (χ4n) is 2.86. The van der Waals surface area contributed by atoms with Crippen LogP contribution in [-0.2, 0) is 0 Å². The van der Waals surface area contributed by atoms with Gasteiger partial charge in [-0.1, -0.05) is 12.1 Å². The molecule has 0 radical (unpaired) electrons. The van der Waals surface area contributed by atoms with Crippen LogP contribution in [0, 0.1) is 5.82 Å². The molecule has 2 aromatic rings. The number of nitrogens with one attached hydrogen (secondary N) is 2. The van der Waals surface area contributed by atoms with Gasteiger partial charge in [-0.05, 0) is 32.0 Å². The Labute approximate surface area is 128 Å². The van der Waals surface area contributed by atoms with E-state index in [0.29, 0.717) is 36.0 Å². The first-order valence-corrected chi connectivity index (χ1v) is 7.45. The molecule has 22 heavy (non-hydrogen) atoms. The summed E-state index contributed by atoms with van der Waals surface area (Å²) < 4.78 is 14.0. The Balaban J connectivity index is 1.83. The summed E-state index contributed by atoms with van der Waals surface area (Å²) in [6, 6.07) is 6.85. The quantitative estimate of drug-likeness (QED) is 0.912. The van der Waals surface area contributed by atoms with Crippen LogP contribution in [0.5, 0.6) is 0 Å². The lowest BCUT2D eigenvalue weighted by molar-refractivity contribution is 0.0708. The van der Waals surface area contributed by atoms with E-state index in [2.05, 4.69) is 15.5 Å². The zero-order chi connectivity index (χ0) is 15.5. The van der Waals surface area contributed by atoms with Crippen molar-refractivity contribution in [1.82, 2.24) is 20.4 Å². The molecule has 0 spiro atoms. The number of carbonyl (C=O) groups excluding carboxylic acids is 1. The molecule has 0 bridgehead atoms. The molecular formula is C16H19FN4O. The van der Waals surface area contributed by atoms with E-state index in [-0.39, 0.29) is 11.7 Å². The summed E-state index contributed by atoms with van der Waals surface area (Å²) in [5, 5.41) is 9.92. The maximum atomic E-state index is 14.0. The predicted octanol–water partition coefficient (Wildman–Crippen LogP) is 2.04. The van der Waals surface area contributed by atoms with E-state index in [0.717, 1.165) is 12.8 Å². The zero-order valence-corrected chi connectivity index (χ0v) is 12.5. The van der Waals surface area contributed by atoms with E-state index < -0.39 is 0 Å². The molecule has 0 aliphatic carbocycles. The highest BCUT2D eigenvalue weighted by Crippen LogP contribution is 2.25. The van der Waals surface area contributed by atoms with Crippen LogP contribution in [0.15, 0.2) is 30.5 Å². The van der Waals surface area contributed by atoms with Crippen LogP contribution in [0.4, 0.5) is 4.39 Å². The van der Waals surface area contributed by atoms with Crippen molar-refractivity contribution in [1.29, 1.82) is 0 Å². The summed E-state index contributed by atoms with van der Waals surface area (Å²) in [6.07, 6.45) is 3.33. The number of nitrogens with zero attached hydrogens (tertiary/aromatic N) is 2. The largest absolute Gasteiger partial charge is 0.338 e. The topological polar surface area (TPSA) is 61.0 Å². The lowest BCUT2D eigenvalue weighted by atomic mass is 10.0. The molecule has 0 unspecified atom stereocenters. The summed E-state index contributed by atoms with van der Waals surface area (Å²) in [5.74, 6) is -0.462. The average molecular weight is 302 g/mol. The standard InChI is InChI=1S/C16H19FN4O/c1-18-11-6-8-21(9-7-11)16(22)13-10-19-20-15(13)12-4-2-3-5-14(12)17/h2-5,10-11,18H,6-9H2,1H3,(H,19,20). The number of piperidine rings is 1. The molecule has 1 amide bonds. The first kappa shape index (κ1) is 14.7. The SMILES string of the molecule is CNC1CCN(C(=O)c2cn[nH]c2-c2ccccc2F)CC1. The molecule has 2 N–H and O–H groups in total. The molecule has 3 rings (SSSR count). The summed E-state index contributed by atoms with van der Waals surface area (Å²) in [5.41, 5.74) is 1.24. The van der Waals surface area contributed by atoms with Gasteiger partial charge in [0.05, 0.1) is 17.5 Å². The monoisotopic (exact) mass is 302 g/mol. The first-order chi connectivity index (χ1) is 10.7. The number of amides is 1. The number of halogens is 1. The van der Waals surface area contributed by atoms with Crippen LogP contribution < -0.4 is 5.32 Å². The summed E-state index contributed by atoms with van der Waals surface area (Å²) >= 11 is 0. The van der Waals surface area contributed by atoms with E-state index in [1.165, 1.54) is 12.3 Å². The molecule has 1 aromatic heterocycles. The molecular weight excluding hydrogens is 283 g/mol. The maximum Gasteiger partial charge on any atom is 0.257 e. The summed E-state index contributed by atoms with van der Waals surface area (Å²) in [7, 11) is 1.94. The molecule has 1 aromatic carbocycles. The van der Waals surface area contributed by atoms with Crippen LogP contribution in [-0.4, -0.2) is 47.2 Å². The number of aromatic nitrogens is 2. The predicted molar refractivity (Wildman–Crippen MR) is 82.0 cm³/mol. The number of carbonyl (C=O) groups is 1. The smallest absolute Gasteiger partial charge is 0.257 e. The molecule has 1 saturated heterocycles. The lowest BCUT2D eigenvalue weighted by Crippen LogP contribution is -2.44. The van der Waals surface area contributed by atoms with Crippen molar-refractivity contribution in [2.24, 2.45) is 0 Å². The van der Waals surface area contributed by atoms with Gasteiger partial charge in [0.15, 0.2) is 0 Å². The van der Waals surface area contributed by atoms with E-state index >= 15 is 0 Å². The van der Waals surface area contributed by atoms with Crippen molar-refractivity contribution in [3.05, 3.63) is 41.8 Å². The molecule has 0 saturated carbocycles. The normalized spacial score (nSPS) is 16.0. The van der Waals surface area contributed by atoms with Gasteiger partial charge in [-0.25, -0.2) is 4.39 Å². The van der Waals surface area contributed by atoms with E-state index in [4.69, 9.17) is 0 Å². The number of aromatic amines is 1. The molecule has 2 heterocycles. The fraction of sp³-hybridized carbons (Fsp3) is 0.375. The van der Waals surface area contributed by atoms with Crippen LogP contribution in [0.2, 0.25) is 0 Å². The van der Waals surface area contributed by atoms with Crippen LogP contribution in [0.1, 0.15) is 23.2 Å². The molecule has 116 valence electrons. The Hall–Kier alpha value is -2.21. The van der Waals surface area contributed by atoms with E-state index in [9.17, 15) is 9.18 Å². The third-order valence-corrected chi connectivity index (χ3v) is 4.20. The third-order valence-electron chi connectivity index (χ3n) is 4.20. The van der Waals surface area contributed by atoms with Gasteiger partial charge in [-0.3, -0.25) is 9.89 Å². The molecule has 1 fully saturated rings. The van der Waals surface area contributed by atoms with Crippen LogP contribution in [0.25, 0.3) is 11.3 Å². The molecule has 0 atom stereocenters. The zero-order valence-electron chi connectivity index (χ0n) is 12.5. The van der Waals surface area contributed by atoms with Gasteiger partial charge in [0.25, 0.3) is 5.91 Å². The number of hydrogen-bond acceptors (Lipinski definition) is 3. The van der Waals surface area contributed by atoms with Crippen molar-refractivity contribution in [2.75, 3.05) is 20.1 Å². The highest BCUT2D eigenvalue weighted by atomic mass is 19.1. The highest BCUT2D eigenvalue weighted by molar-refractivity contribution is 5.99. The van der Waals surface area contributed by atoms with Crippen molar-refractivity contribution in [3.8, 4) is 11.3 Å². The number of H-pyrrole nitrogens is 1. The molecule has 1 aliphatic rings. The number of rotatable bonds is 3. The van der Waals surface area contributed by atoms with E-state index in [1.54, 1.807) is 18.2 Å². The molecule has 1 aliphatic heterocycles. The third kappa shape index (κ3) is 2.74. The van der Waals surface area contributed by atoms with Gasteiger partial charge in [-0.2, -0.15) is 5.10 Å². The van der Waals surface area contributed by atoms with Crippen LogP contribution >= 0.6 is 0 Å². The van der Waals surface area contributed by atoms with Gasteiger partial charge >= 0.3 is 0 Å². The minimum Gasteiger partial charge on any atom is -0.338 e. The van der Waals surface area contributed by atoms with Crippen molar-refractivity contribution in [2.45, 2.75) is 18.9 Å². The van der Waals surface area contributed by atoms with Gasteiger partial charge in [0.1, 0.15) is 5.82 Å². The number of hydrogen-bond donors (Lipinski definition) is 2. The number of likely N-dealkylation sites (tertiary alicyclic amines) is 1. The minimum absolute atomic E-state index is 0.0958. The lowest BCUT2D eigenvalue weighted by Gasteiger charge is -2.31. The van der Waals surface area contributed by atoms with Crippen LogP contribution in [0.3, 0.4) is 0 Å². The van der Waals surface area contributed by atoms with E-state index in [1.807, 2.05) is 11.9 Å². The Bertz CT molecular complexity index is 662. The van der Waals surface area contributed by atoms with Crippen molar-refractivity contribution in [3.63, 3.8) is 0 Å². The van der Waals surface area contributed by atoms with Gasteiger partial charge in [0.2, 0.25) is 0 Å². The second kappa shape index (κ2) is 6.27. The Kier molecular flexibility index (Phi) is 4.20. The Morgan fingerprint density at radius 2 is 2.09 bits per heavy atom. The summed E-state index contributed by atoms with van der Waals surface area (Å²) in [4.78, 5) is 14.5. The summed E-state index contributed by atoms with van der Waals surface area (Å²) in [6.45, 7) is 1.40. The second-order valence-corrected chi connectivity index (χ2v) is 5.49. The van der Waals surface area contributed by atoms with Gasteiger partial charge in [0, 0.05) is 24.7 Å². The van der Waals surface area contributed by atoms with Crippen molar-refractivity contribution < 1.29 is 9.18 Å². The van der Waals surface area contributed by atoms with Gasteiger partial charge < -0.3 is 10.2 Å². The molecule has 6 heteroatoms. The minimum atomic E-state index is -0.366. The second-order valence-electron chi connectivity index (χ2n) is 5.49. The van der Waals surface area contributed by atoms with Crippen molar-refractivity contribution >= 4 is 5.91 Å². The highest BCUT2D eigenvalue weighted by Gasteiger charge is 2.26.